The molecule has 0 unspecified atom stereocenters. The fraction of sp³-hybridized carbons (Fsp3) is 0.421. The molecule has 2 amide bonds. The van der Waals surface area contributed by atoms with Crippen molar-refractivity contribution in [3.63, 3.8) is 0 Å². The van der Waals surface area contributed by atoms with Crippen molar-refractivity contribution in [2.75, 3.05) is 11.9 Å². The van der Waals surface area contributed by atoms with Gasteiger partial charge < -0.3 is 15.4 Å². The average Bonchev–Trinajstić information content (AvgIpc) is 3.28. The molecule has 0 saturated heterocycles. The summed E-state index contributed by atoms with van der Waals surface area (Å²) in [6, 6.07) is 4.51. The molecule has 1 aliphatic carbocycles. The molecule has 1 saturated carbocycles. The smallest absolute Gasteiger partial charge is 0.407 e. The first-order chi connectivity index (χ1) is 14.3. The van der Waals surface area contributed by atoms with E-state index in [9.17, 15) is 27.2 Å². The van der Waals surface area contributed by atoms with Crippen LogP contribution in [0.25, 0.3) is 0 Å². The summed E-state index contributed by atoms with van der Waals surface area (Å²) in [6.45, 7) is -0.763. The lowest BCUT2D eigenvalue weighted by Gasteiger charge is -2.13. The maximum absolute atomic E-state index is 13.2. The molecule has 1 aromatic heterocycles. The first kappa shape index (κ1) is 21.6. The summed E-state index contributed by atoms with van der Waals surface area (Å²) in [5, 5.41) is 11.4. The molecule has 3 rings (SSSR count). The molecule has 7 nitrogen and oxygen atoms in total. The number of halogens is 4. The highest BCUT2D eigenvalue weighted by molar-refractivity contribution is 5.91. The Labute approximate surface area is 169 Å². The van der Waals surface area contributed by atoms with Crippen molar-refractivity contribution >= 4 is 17.8 Å². The van der Waals surface area contributed by atoms with Gasteiger partial charge in [0.1, 0.15) is 17.7 Å². The lowest BCUT2D eigenvalue weighted by molar-refractivity contribution is -0.115. The molecular formula is C19H20F4N4O3. The highest BCUT2D eigenvalue weighted by atomic mass is 19.3. The molecule has 3 N–H and O–H groups in total. The third-order valence-corrected chi connectivity index (χ3v) is 4.65. The Balaban J connectivity index is 1.49. The SMILES string of the molecule is O=C(Cc1cc(F)cc(F)c1)Nc1cc([C@H]2CC[C@@H](OC(=O)NCC(F)F)C2)[nH]n1. The maximum Gasteiger partial charge on any atom is 0.407 e. The minimum Gasteiger partial charge on any atom is -0.446 e. The number of aromatic nitrogens is 2. The van der Waals surface area contributed by atoms with E-state index in [2.05, 4.69) is 15.5 Å². The third-order valence-electron chi connectivity index (χ3n) is 4.65. The minimum absolute atomic E-state index is 0.00614. The minimum atomic E-state index is -2.65. The van der Waals surface area contributed by atoms with Crippen LogP contribution in [0.4, 0.5) is 28.2 Å². The van der Waals surface area contributed by atoms with Gasteiger partial charge in [-0.05, 0) is 37.0 Å². The number of hydrogen-bond donors (Lipinski definition) is 3. The Morgan fingerprint density at radius 1 is 1.17 bits per heavy atom. The van der Waals surface area contributed by atoms with Crippen LogP contribution in [0.5, 0.6) is 0 Å². The molecule has 1 fully saturated rings. The fourth-order valence-corrected chi connectivity index (χ4v) is 3.38. The van der Waals surface area contributed by atoms with Gasteiger partial charge in [-0.25, -0.2) is 22.4 Å². The first-order valence-corrected chi connectivity index (χ1v) is 9.31. The molecule has 11 heteroatoms. The highest BCUT2D eigenvalue weighted by Gasteiger charge is 2.30. The summed E-state index contributed by atoms with van der Waals surface area (Å²) in [7, 11) is 0. The van der Waals surface area contributed by atoms with Gasteiger partial charge in [-0.1, -0.05) is 0 Å². The third kappa shape index (κ3) is 6.19. The first-order valence-electron chi connectivity index (χ1n) is 9.31. The number of hydrogen-bond acceptors (Lipinski definition) is 4. The van der Waals surface area contributed by atoms with Gasteiger partial charge in [0.15, 0.2) is 5.82 Å². The van der Waals surface area contributed by atoms with Crippen LogP contribution in [-0.4, -0.2) is 41.3 Å². The Hall–Kier alpha value is -3.11. The van der Waals surface area contributed by atoms with Gasteiger partial charge in [0, 0.05) is 23.7 Å². The van der Waals surface area contributed by atoms with Crippen molar-refractivity contribution in [2.24, 2.45) is 0 Å². The van der Waals surface area contributed by atoms with Gasteiger partial charge in [0.2, 0.25) is 5.91 Å². The van der Waals surface area contributed by atoms with Gasteiger partial charge in [0.25, 0.3) is 6.43 Å². The quantitative estimate of drug-likeness (QED) is 0.589. The summed E-state index contributed by atoms with van der Waals surface area (Å²) in [6.07, 6.45) is -2.41. The molecule has 0 radical (unpaired) electrons. The number of nitrogens with one attached hydrogen (secondary N) is 3. The van der Waals surface area contributed by atoms with Crippen LogP contribution in [0.2, 0.25) is 0 Å². The number of amides is 2. The maximum atomic E-state index is 13.2. The number of H-pyrrole nitrogens is 1. The van der Waals surface area contributed by atoms with Crippen LogP contribution in [-0.2, 0) is 16.0 Å². The normalized spacial score (nSPS) is 18.4. The lowest BCUT2D eigenvalue weighted by Crippen LogP contribution is -2.31. The molecule has 1 aromatic carbocycles. The van der Waals surface area contributed by atoms with Crippen molar-refractivity contribution in [3.8, 4) is 0 Å². The molecule has 1 aliphatic rings. The van der Waals surface area contributed by atoms with Crippen LogP contribution in [0, 0.1) is 11.6 Å². The topological polar surface area (TPSA) is 96.1 Å². The number of carbonyl (C=O) groups excluding carboxylic acids is 2. The van der Waals surface area contributed by atoms with E-state index in [0.717, 1.165) is 23.9 Å². The highest BCUT2D eigenvalue weighted by Crippen LogP contribution is 2.35. The van der Waals surface area contributed by atoms with E-state index in [1.807, 2.05) is 5.32 Å². The second-order valence-corrected chi connectivity index (χ2v) is 7.02. The number of ether oxygens (including phenoxy) is 1. The van der Waals surface area contributed by atoms with Gasteiger partial charge in [-0.15, -0.1) is 0 Å². The summed E-state index contributed by atoms with van der Waals surface area (Å²) in [5.41, 5.74) is 0.919. The summed E-state index contributed by atoms with van der Waals surface area (Å²) < 4.78 is 55.7. The van der Waals surface area contributed by atoms with Crippen molar-refractivity contribution in [1.82, 2.24) is 15.5 Å². The van der Waals surface area contributed by atoms with Crippen LogP contribution >= 0.6 is 0 Å². The molecule has 0 bridgehead atoms. The number of alkyl carbamates (subject to hydrolysis) is 1. The number of benzene rings is 1. The molecule has 162 valence electrons. The predicted molar refractivity (Wildman–Crippen MR) is 98.1 cm³/mol. The monoisotopic (exact) mass is 428 g/mol. The molecule has 1 heterocycles. The van der Waals surface area contributed by atoms with Gasteiger partial charge in [-0.3, -0.25) is 9.89 Å². The predicted octanol–water partition coefficient (Wildman–Crippen LogP) is 3.50. The Morgan fingerprint density at radius 2 is 1.90 bits per heavy atom. The molecular weight excluding hydrogens is 408 g/mol. The van der Waals surface area contributed by atoms with E-state index in [-0.39, 0.29) is 23.7 Å². The summed E-state index contributed by atoms with van der Waals surface area (Å²) >= 11 is 0. The summed E-state index contributed by atoms with van der Waals surface area (Å²) in [4.78, 5) is 23.6. The second kappa shape index (κ2) is 9.59. The molecule has 0 aliphatic heterocycles. The van der Waals surface area contributed by atoms with Crippen LogP contribution < -0.4 is 10.6 Å². The van der Waals surface area contributed by atoms with E-state index in [4.69, 9.17) is 4.74 Å². The Bertz CT molecular complexity index is 885. The Kier molecular flexibility index (Phi) is 6.91. The van der Waals surface area contributed by atoms with Crippen LogP contribution in [0.15, 0.2) is 24.3 Å². The van der Waals surface area contributed by atoms with E-state index < -0.39 is 42.7 Å². The Morgan fingerprint density at radius 3 is 2.60 bits per heavy atom. The zero-order chi connectivity index (χ0) is 21.7. The number of anilines is 1. The van der Waals surface area contributed by atoms with E-state index in [1.54, 1.807) is 6.07 Å². The average molecular weight is 428 g/mol. The van der Waals surface area contributed by atoms with Crippen molar-refractivity contribution in [3.05, 3.63) is 47.2 Å². The van der Waals surface area contributed by atoms with Gasteiger partial charge >= 0.3 is 6.09 Å². The van der Waals surface area contributed by atoms with E-state index in [1.165, 1.54) is 0 Å². The number of rotatable bonds is 7. The van der Waals surface area contributed by atoms with Crippen molar-refractivity contribution < 1.29 is 31.9 Å². The van der Waals surface area contributed by atoms with E-state index in [0.29, 0.717) is 19.3 Å². The second-order valence-electron chi connectivity index (χ2n) is 7.02. The number of nitrogens with zero attached hydrogens (tertiary/aromatic N) is 1. The van der Waals surface area contributed by atoms with E-state index >= 15 is 0 Å². The number of alkyl halides is 2. The van der Waals surface area contributed by atoms with Crippen molar-refractivity contribution in [1.29, 1.82) is 0 Å². The molecule has 2 atom stereocenters. The largest absolute Gasteiger partial charge is 0.446 e. The van der Waals surface area contributed by atoms with Crippen LogP contribution in [0.1, 0.15) is 36.4 Å². The fourth-order valence-electron chi connectivity index (χ4n) is 3.38. The number of carbonyl (C=O) groups is 2. The zero-order valence-corrected chi connectivity index (χ0v) is 15.8. The molecule has 30 heavy (non-hydrogen) atoms. The lowest BCUT2D eigenvalue weighted by atomic mass is 10.0. The standard InChI is InChI=1S/C19H20F4N4O3/c20-12-3-10(4-13(21)7-12)5-18(28)25-17-8-15(26-27-17)11-1-2-14(6-11)30-19(29)24-9-16(22)23/h3-4,7-8,11,14,16H,1-2,5-6,9H2,(H,24,29)(H2,25,26,27,28)/t11-,14+/m0/s1. The zero-order valence-electron chi connectivity index (χ0n) is 15.8. The molecule has 0 spiro atoms. The van der Waals surface area contributed by atoms with Crippen LogP contribution in [0.3, 0.4) is 0 Å². The van der Waals surface area contributed by atoms with Gasteiger partial charge in [-0.2, -0.15) is 5.10 Å². The molecule has 2 aromatic rings. The summed E-state index contributed by atoms with van der Waals surface area (Å²) in [5.74, 6) is -1.76. The van der Waals surface area contributed by atoms with Gasteiger partial charge in [0.05, 0.1) is 13.0 Å². The van der Waals surface area contributed by atoms with Crippen molar-refractivity contribution in [2.45, 2.75) is 44.1 Å². The number of aromatic amines is 1.